The van der Waals surface area contributed by atoms with Crippen LogP contribution in [0, 0.1) is 5.82 Å². The number of nitrogens with zero attached hydrogens (tertiary/aromatic N) is 1. The molecular formula is C17H19FN2. The number of nitrogens with one attached hydrogen (secondary N) is 1. The molecule has 104 valence electrons. The monoisotopic (exact) mass is 270 g/mol. The van der Waals surface area contributed by atoms with Gasteiger partial charge in [0.25, 0.3) is 0 Å². The lowest BCUT2D eigenvalue weighted by atomic mass is 10.1. The molecule has 2 aromatic rings. The molecule has 0 radical (unpaired) electrons. The normalized spacial score (nSPS) is 14.5. The van der Waals surface area contributed by atoms with E-state index in [4.69, 9.17) is 0 Å². The van der Waals surface area contributed by atoms with Gasteiger partial charge in [-0.3, -0.25) is 4.90 Å². The highest BCUT2D eigenvalue weighted by Gasteiger charge is 2.19. The summed E-state index contributed by atoms with van der Waals surface area (Å²) in [6, 6.07) is 13.8. The molecule has 1 aliphatic heterocycles. The number of halogens is 1. The Hall–Kier alpha value is -1.71. The Labute approximate surface area is 119 Å². The van der Waals surface area contributed by atoms with Crippen LogP contribution >= 0.6 is 0 Å². The van der Waals surface area contributed by atoms with Crippen LogP contribution in [-0.4, -0.2) is 11.9 Å². The quantitative estimate of drug-likeness (QED) is 0.918. The zero-order chi connectivity index (χ0) is 13.9. The summed E-state index contributed by atoms with van der Waals surface area (Å²) in [6.07, 6.45) is 0. The van der Waals surface area contributed by atoms with Gasteiger partial charge in [0.2, 0.25) is 0 Å². The number of benzene rings is 2. The van der Waals surface area contributed by atoms with E-state index >= 15 is 0 Å². The van der Waals surface area contributed by atoms with Crippen molar-refractivity contribution in [1.29, 1.82) is 0 Å². The van der Waals surface area contributed by atoms with E-state index in [2.05, 4.69) is 34.5 Å². The van der Waals surface area contributed by atoms with Crippen LogP contribution in [-0.2, 0) is 26.2 Å². The first-order valence-corrected chi connectivity index (χ1v) is 6.97. The molecule has 0 fully saturated rings. The van der Waals surface area contributed by atoms with Crippen LogP contribution in [0.15, 0.2) is 42.5 Å². The van der Waals surface area contributed by atoms with Crippen molar-refractivity contribution in [3.8, 4) is 0 Å². The predicted molar refractivity (Wildman–Crippen MR) is 78.6 cm³/mol. The van der Waals surface area contributed by atoms with E-state index in [1.807, 2.05) is 19.2 Å². The fourth-order valence-corrected chi connectivity index (χ4v) is 2.82. The summed E-state index contributed by atoms with van der Waals surface area (Å²) in [6.45, 7) is 3.25. The van der Waals surface area contributed by atoms with Gasteiger partial charge in [0.05, 0.1) is 0 Å². The molecule has 1 N–H and O–H groups in total. The van der Waals surface area contributed by atoms with Crippen molar-refractivity contribution in [2.75, 3.05) is 7.05 Å². The van der Waals surface area contributed by atoms with Crippen molar-refractivity contribution in [1.82, 2.24) is 10.2 Å². The average Bonchev–Trinajstić information content (AvgIpc) is 2.85. The second-order valence-corrected chi connectivity index (χ2v) is 5.37. The smallest absolute Gasteiger partial charge is 0.127 e. The highest BCUT2D eigenvalue weighted by atomic mass is 19.1. The summed E-state index contributed by atoms with van der Waals surface area (Å²) in [5.41, 5.74) is 4.63. The largest absolute Gasteiger partial charge is 0.316 e. The Morgan fingerprint density at radius 3 is 2.45 bits per heavy atom. The molecule has 0 saturated carbocycles. The van der Waals surface area contributed by atoms with E-state index in [-0.39, 0.29) is 5.82 Å². The first-order chi connectivity index (χ1) is 9.76. The maximum absolute atomic E-state index is 13.9. The molecule has 0 aliphatic carbocycles. The van der Waals surface area contributed by atoms with Gasteiger partial charge in [-0.2, -0.15) is 0 Å². The van der Waals surface area contributed by atoms with Gasteiger partial charge in [-0.05, 0) is 29.8 Å². The van der Waals surface area contributed by atoms with Gasteiger partial charge < -0.3 is 5.32 Å². The van der Waals surface area contributed by atoms with E-state index in [1.54, 1.807) is 6.07 Å². The summed E-state index contributed by atoms with van der Waals surface area (Å²) in [5.74, 6) is -0.110. The van der Waals surface area contributed by atoms with E-state index in [9.17, 15) is 4.39 Å². The summed E-state index contributed by atoms with van der Waals surface area (Å²) >= 11 is 0. The van der Waals surface area contributed by atoms with E-state index in [1.165, 1.54) is 11.1 Å². The van der Waals surface area contributed by atoms with Crippen LogP contribution in [0.25, 0.3) is 0 Å². The highest BCUT2D eigenvalue weighted by molar-refractivity contribution is 5.31. The van der Waals surface area contributed by atoms with Crippen molar-refractivity contribution >= 4 is 0 Å². The molecule has 3 rings (SSSR count). The number of fused-ring (bicyclic) bond motifs is 1. The van der Waals surface area contributed by atoms with Crippen molar-refractivity contribution in [3.05, 3.63) is 70.5 Å². The molecule has 0 unspecified atom stereocenters. The molecule has 2 nitrogen and oxygen atoms in total. The molecule has 0 aromatic heterocycles. The van der Waals surface area contributed by atoms with Gasteiger partial charge in [-0.15, -0.1) is 0 Å². The van der Waals surface area contributed by atoms with Gasteiger partial charge in [0.1, 0.15) is 5.82 Å². The molecular weight excluding hydrogens is 251 g/mol. The lowest BCUT2D eigenvalue weighted by molar-refractivity contribution is 0.271. The maximum atomic E-state index is 13.9. The maximum Gasteiger partial charge on any atom is 0.127 e. The Morgan fingerprint density at radius 2 is 1.80 bits per heavy atom. The van der Waals surface area contributed by atoms with E-state index in [0.29, 0.717) is 6.54 Å². The van der Waals surface area contributed by atoms with Crippen LogP contribution in [0.1, 0.15) is 22.3 Å². The zero-order valence-corrected chi connectivity index (χ0v) is 11.7. The minimum atomic E-state index is -0.110. The van der Waals surface area contributed by atoms with Gasteiger partial charge in [-0.25, -0.2) is 4.39 Å². The van der Waals surface area contributed by atoms with E-state index in [0.717, 1.165) is 30.8 Å². The Kier molecular flexibility index (Phi) is 3.81. The highest BCUT2D eigenvalue weighted by Crippen LogP contribution is 2.24. The molecule has 0 atom stereocenters. The molecule has 20 heavy (non-hydrogen) atoms. The minimum absolute atomic E-state index is 0.110. The average molecular weight is 270 g/mol. The molecule has 0 bridgehead atoms. The van der Waals surface area contributed by atoms with Crippen LogP contribution in [0.2, 0.25) is 0 Å². The minimum Gasteiger partial charge on any atom is -0.316 e. The second-order valence-electron chi connectivity index (χ2n) is 5.37. The fraction of sp³-hybridized carbons (Fsp3) is 0.294. The number of hydrogen-bond acceptors (Lipinski definition) is 2. The van der Waals surface area contributed by atoms with Crippen LogP contribution < -0.4 is 5.32 Å². The topological polar surface area (TPSA) is 15.3 Å². The number of rotatable bonds is 4. The Balaban J connectivity index is 1.74. The van der Waals surface area contributed by atoms with Crippen LogP contribution in [0.4, 0.5) is 4.39 Å². The Morgan fingerprint density at radius 1 is 1.10 bits per heavy atom. The molecule has 1 heterocycles. The van der Waals surface area contributed by atoms with Crippen molar-refractivity contribution < 1.29 is 4.39 Å². The molecule has 0 amide bonds. The summed E-state index contributed by atoms with van der Waals surface area (Å²) in [4.78, 5) is 2.28. The van der Waals surface area contributed by atoms with Gasteiger partial charge in [-0.1, -0.05) is 36.4 Å². The third-order valence-electron chi connectivity index (χ3n) is 3.79. The fourth-order valence-electron chi connectivity index (χ4n) is 2.82. The SMILES string of the molecule is CNCc1ccc(F)c(CN2Cc3ccccc3C2)c1. The van der Waals surface area contributed by atoms with Crippen molar-refractivity contribution in [2.45, 2.75) is 26.2 Å². The van der Waals surface area contributed by atoms with Crippen LogP contribution in [0.3, 0.4) is 0 Å². The molecule has 0 spiro atoms. The van der Waals surface area contributed by atoms with Crippen LogP contribution in [0.5, 0.6) is 0 Å². The van der Waals surface area contributed by atoms with E-state index < -0.39 is 0 Å². The third kappa shape index (κ3) is 2.74. The lowest BCUT2D eigenvalue weighted by Gasteiger charge is -2.16. The van der Waals surface area contributed by atoms with Crippen molar-refractivity contribution in [3.63, 3.8) is 0 Å². The standard InChI is InChI=1S/C17H19FN2/c1-19-9-13-6-7-17(18)16(8-13)12-20-10-14-4-2-3-5-15(14)11-20/h2-8,19H,9-12H2,1H3. The second kappa shape index (κ2) is 5.73. The molecule has 0 saturated heterocycles. The summed E-state index contributed by atoms with van der Waals surface area (Å²) in [7, 11) is 1.90. The summed E-state index contributed by atoms with van der Waals surface area (Å²) < 4.78 is 13.9. The number of hydrogen-bond donors (Lipinski definition) is 1. The first kappa shape index (κ1) is 13.3. The predicted octanol–water partition coefficient (Wildman–Crippen LogP) is 3.06. The zero-order valence-electron chi connectivity index (χ0n) is 11.7. The van der Waals surface area contributed by atoms with Gasteiger partial charge in [0, 0.05) is 31.7 Å². The Bertz CT molecular complexity index is 585. The van der Waals surface area contributed by atoms with Gasteiger partial charge >= 0.3 is 0 Å². The lowest BCUT2D eigenvalue weighted by Crippen LogP contribution is -2.17. The molecule has 1 aliphatic rings. The summed E-state index contributed by atoms with van der Waals surface area (Å²) in [5, 5.41) is 3.10. The third-order valence-corrected chi connectivity index (χ3v) is 3.79. The first-order valence-electron chi connectivity index (χ1n) is 6.97. The molecule has 2 aromatic carbocycles. The van der Waals surface area contributed by atoms with Crippen molar-refractivity contribution in [2.24, 2.45) is 0 Å². The van der Waals surface area contributed by atoms with Gasteiger partial charge in [0.15, 0.2) is 0 Å². The molecule has 3 heteroatoms.